The predicted octanol–water partition coefficient (Wildman–Crippen LogP) is 2.48. The molecule has 1 heterocycles. The molecule has 2 N–H and O–H groups in total. The Morgan fingerprint density at radius 2 is 2.00 bits per heavy atom. The van der Waals surface area contributed by atoms with Gasteiger partial charge in [0.25, 0.3) is 0 Å². The maximum Gasteiger partial charge on any atom is 0.0326 e. The average molecular weight is 212 g/mol. The third kappa shape index (κ3) is 2.73. The van der Waals surface area contributed by atoms with E-state index < -0.39 is 0 Å². The minimum absolute atomic E-state index is 0.178. The minimum atomic E-state index is 0.178. The summed E-state index contributed by atoms with van der Waals surface area (Å²) in [6, 6.07) is 0. The number of nitrogens with zero attached hydrogens (tertiary/aromatic N) is 1. The molecule has 15 heavy (non-hydrogen) atoms. The summed E-state index contributed by atoms with van der Waals surface area (Å²) in [6.07, 6.45) is 2.66. The zero-order chi connectivity index (χ0) is 11.7. The van der Waals surface area contributed by atoms with Crippen molar-refractivity contribution in [1.29, 1.82) is 0 Å². The van der Waals surface area contributed by atoms with Crippen molar-refractivity contribution in [3.05, 3.63) is 0 Å². The van der Waals surface area contributed by atoms with Crippen LogP contribution in [0.3, 0.4) is 0 Å². The number of piperidine rings is 1. The van der Waals surface area contributed by atoms with Gasteiger partial charge in [-0.25, -0.2) is 0 Å². The van der Waals surface area contributed by atoms with Crippen molar-refractivity contribution in [3.63, 3.8) is 0 Å². The molecule has 1 saturated heterocycles. The second kappa shape index (κ2) is 4.42. The lowest BCUT2D eigenvalue weighted by molar-refractivity contribution is 0.00246. The van der Waals surface area contributed by atoms with Crippen molar-refractivity contribution < 1.29 is 0 Å². The van der Waals surface area contributed by atoms with Crippen LogP contribution in [0.1, 0.15) is 47.5 Å². The Balaban J connectivity index is 2.77. The molecule has 1 unspecified atom stereocenters. The third-order valence-corrected chi connectivity index (χ3v) is 4.28. The summed E-state index contributed by atoms with van der Waals surface area (Å²) in [7, 11) is 0. The largest absolute Gasteiger partial charge is 0.329 e. The molecule has 0 radical (unpaired) electrons. The summed E-state index contributed by atoms with van der Waals surface area (Å²) in [6.45, 7) is 14.8. The van der Waals surface area contributed by atoms with Crippen LogP contribution in [-0.2, 0) is 0 Å². The van der Waals surface area contributed by atoms with E-state index in [2.05, 4.69) is 39.5 Å². The second-order valence-corrected chi connectivity index (χ2v) is 6.41. The zero-order valence-corrected chi connectivity index (χ0v) is 11.1. The monoisotopic (exact) mass is 212 g/mol. The molecule has 2 nitrogen and oxygen atoms in total. The highest BCUT2D eigenvalue weighted by Gasteiger charge is 2.38. The van der Waals surface area contributed by atoms with Gasteiger partial charge in [0.15, 0.2) is 0 Å². The fourth-order valence-electron chi connectivity index (χ4n) is 2.59. The van der Waals surface area contributed by atoms with E-state index in [4.69, 9.17) is 5.73 Å². The van der Waals surface area contributed by atoms with Gasteiger partial charge in [0.2, 0.25) is 0 Å². The van der Waals surface area contributed by atoms with Crippen LogP contribution in [0.2, 0.25) is 0 Å². The van der Waals surface area contributed by atoms with Crippen molar-refractivity contribution in [3.8, 4) is 0 Å². The van der Waals surface area contributed by atoms with Crippen molar-refractivity contribution in [2.24, 2.45) is 17.1 Å². The van der Waals surface area contributed by atoms with E-state index >= 15 is 0 Å². The number of nitrogens with two attached hydrogens (primary N) is 1. The molecule has 1 atom stereocenters. The van der Waals surface area contributed by atoms with Gasteiger partial charge in [0.1, 0.15) is 0 Å². The van der Waals surface area contributed by atoms with E-state index in [-0.39, 0.29) is 5.54 Å². The van der Waals surface area contributed by atoms with Gasteiger partial charge in [-0.15, -0.1) is 0 Å². The molecule has 90 valence electrons. The molecule has 1 aliphatic rings. The maximum absolute atomic E-state index is 5.99. The van der Waals surface area contributed by atoms with E-state index in [0.29, 0.717) is 11.3 Å². The van der Waals surface area contributed by atoms with E-state index in [1.54, 1.807) is 0 Å². The van der Waals surface area contributed by atoms with Crippen molar-refractivity contribution in [1.82, 2.24) is 4.90 Å². The van der Waals surface area contributed by atoms with Crippen LogP contribution in [0.15, 0.2) is 0 Å². The Kier molecular flexibility index (Phi) is 3.83. The first-order chi connectivity index (χ1) is 6.82. The quantitative estimate of drug-likeness (QED) is 0.779. The average Bonchev–Trinajstić information content (AvgIpc) is 2.14. The van der Waals surface area contributed by atoms with Gasteiger partial charge in [-0.1, -0.05) is 27.7 Å². The molecule has 0 bridgehead atoms. The topological polar surface area (TPSA) is 29.3 Å². The summed E-state index contributed by atoms with van der Waals surface area (Å²) >= 11 is 0. The molecule has 1 aliphatic heterocycles. The summed E-state index contributed by atoms with van der Waals surface area (Å²) in [5.74, 6) is 0.622. The Bertz CT molecular complexity index is 211. The first-order valence-electron chi connectivity index (χ1n) is 6.27. The van der Waals surface area contributed by atoms with Crippen LogP contribution in [0.4, 0.5) is 0 Å². The van der Waals surface area contributed by atoms with Gasteiger partial charge in [0.05, 0.1) is 0 Å². The van der Waals surface area contributed by atoms with E-state index in [1.165, 1.54) is 25.9 Å². The fraction of sp³-hybridized carbons (Fsp3) is 1.00. The van der Waals surface area contributed by atoms with Crippen LogP contribution < -0.4 is 5.73 Å². The van der Waals surface area contributed by atoms with Gasteiger partial charge < -0.3 is 5.73 Å². The highest BCUT2D eigenvalue weighted by atomic mass is 15.2. The molecule has 0 aromatic rings. The Morgan fingerprint density at radius 3 is 2.40 bits per heavy atom. The van der Waals surface area contributed by atoms with Gasteiger partial charge in [-0.05, 0) is 37.6 Å². The second-order valence-electron chi connectivity index (χ2n) is 6.41. The van der Waals surface area contributed by atoms with Crippen LogP contribution in [0.5, 0.6) is 0 Å². The standard InChI is InChI=1S/C13H28N2/c1-11(2)13(5,9-14)15-8-6-7-12(3,4)10-15/h11H,6-10,14H2,1-5H3. The Hall–Kier alpha value is -0.0800. The SMILES string of the molecule is CC(C)C(C)(CN)N1CCCC(C)(C)C1. The normalized spacial score (nSPS) is 26.6. The van der Waals surface area contributed by atoms with Crippen LogP contribution in [0, 0.1) is 11.3 Å². The molecular weight excluding hydrogens is 184 g/mol. The van der Waals surface area contributed by atoms with Crippen molar-refractivity contribution in [2.75, 3.05) is 19.6 Å². The van der Waals surface area contributed by atoms with Gasteiger partial charge >= 0.3 is 0 Å². The van der Waals surface area contributed by atoms with Crippen LogP contribution in [-0.4, -0.2) is 30.1 Å². The predicted molar refractivity (Wildman–Crippen MR) is 66.9 cm³/mol. The van der Waals surface area contributed by atoms with E-state index in [1.807, 2.05) is 0 Å². The molecule has 0 aromatic carbocycles. The summed E-state index contributed by atoms with van der Waals surface area (Å²) in [5.41, 5.74) is 6.63. The molecule has 1 fully saturated rings. The lowest BCUT2D eigenvalue weighted by Crippen LogP contribution is -2.59. The highest BCUT2D eigenvalue weighted by Crippen LogP contribution is 2.34. The Labute approximate surface area is 95.2 Å². The van der Waals surface area contributed by atoms with Gasteiger partial charge in [-0.2, -0.15) is 0 Å². The van der Waals surface area contributed by atoms with Crippen LogP contribution in [0.25, 0.3) is 0 Å². The molecule has 0 aliphatic carbocycles. The molecule has 2 heteroatoms. The third-order valence-electron chi connectivity index (χ3n) is 4.28. The first kappa shape index (κ1) is 13.0. The molecule has 0 aromatic heterocycles. The molecule has 0 spiro atoms. The zero-order valence-electron chi connectivity index (χ0n) is 11.1. The number of likely N-dealkylation sites (tertiary alicyclic amines) is 1. The summed E-state index contributed by atoms with van der Waals surface area (Å²) in [4.78, 5) is 2.61. The Morgan fingerprint density at radius 1 is 1.40 bits per heavy atom. The number of rotatable bonds is 3. The highest BCUT2D eigenvalue weighted by molar-refractivity contribution is 4.94. The van der Waals surface area contributed by atoms with Gasteiger partial charge in [-0.3, -0.25) is 4.90 Å². The summed E-state index contributed by atoms with van der Waals surface area (Å²) in [5, 5.41) is 0. The van der Waals surface area contributed by atoms with E-state index in [9.17, 15) is 0 Å². The number of hydrogen-bond acceptors (Lipinski definition) is 2. The van der Waals surface area contributed by atoms with Gasteiger partial charge in [0, 0.05) is 18.6 Å². The van der Waals surface area contributed by atoms with E-state index in [0.717, 1.165) is 6.54 Å². The molecule has 1 rings (SSSR count). The molecular formula is C13H28N2. The minimum Gasteiger partial charge on any atom is -0.329 e. The fourth-order valence-corrected chi connectivity index (χ4v) is 2.59. The van der Waals surface area contributed by atoms with Crippen LogP contribution >= 0.6 is 0 Å². The van der Waals surface area contributed by atoms with Crippen molar-refractivity contribution in [2.45, 2.75) is 53.0 Å². The maximum atomic E-state index is 5.99. The van der Waals surface area contributed by atoms with Crippen molar-refractivity contribution >= 4 is 0 Å². The molecule has 0 amide bonds. The lowest BCUT2D eigenvalue weighted by Gasteiger charge is -2.50. The molecule has 0 saturated carbocycles. The number of hydrogen-bond donors (Lipinski definition) is 1. The summed E-state index contributed by atoms with van der Waals surface area (Å²) < 4.78 is 0. The smallest absolute Gasteiger partial charge is 0.0326 e. The lowest BCUT2D eigenvalue weighted by atomic mass is 9.78. The first-order valence-corrected chi connectivity index (χ1v) is 6.27.